The zero-order valence-electron chi connectivity index (χ0n) is 17.0. The number of aromatic nitrogens is 2. The van der Waals surface area contributed by atoms with Crippen LogP contribution in [0.15, 0.2) is 42.7 Å². The van der Waals surface area contributed by atoms with Crippen LogP contribution in [0.3, 0.4) is 0 Å². The number of anilines is 2. The van der Waals surface area contributed by atoms with Crippen molar-refractivity contribution >= 4 is 23.5 Å². The third-order valence-electron chi connectivity index (χ3n) is 5.06. The van der Waals surface area contributed by atoms with Gasteiger partial charge in [-0.25, -0.2) is 14.8 Å². The van der Waals surface area contributed by atoms with E-state index >= 15 is 0 Å². The van der Waals surface area contributed by atoms with Gasteiger partial charge in [0.05, 0.1) is 5.56 Å². The molecule has 0 bridgehead atoms. The summed E-state index contributed by atoms with van der Waals surface area (Å²) in [5, 5.41) is 3.04. The quantitative estimate of drug-likeness (QED) is 0.714. The van der Waals surface area contributed by atoms with Crippen LogP contribution in [-0.4, -0.2) is 45.4 Å². The lowest BCUT2D eigenvalue weighted by Crippen LogP contribution is -2.47. The van der Waals surface area contributed by atoms with Crippen molar-refractivity contribution in [2.24, 2.45) is 0 Å². The number of hydrogen-bond acceptors (Lipinski definition) is 6. The molecular formula is C22H28N4O3. The molecule has 1 aliphatic rings. The number of benzene rings is 1. The molecule has 0 saturated heterocycles. The van der Waals surface area contributed by atoms with Gasteiger partial charge in [-0.1, -0.05) is 25.3 Å². The molecule has 0 aliphatic heterocycles. The summed E-state index contributed by atoms with van der Waals surface area (Å²) in [5.74, 6) is -0.219. The van der Waals surface area contributed by atoms with Crippen LogP contribution in [0.25, 0.3) is 0 Å². The Kier molecular flexibility index (Phi) is 7.16. The van der Waals surface area contributed by atoms with E-state index < -0.39 is 5.97 Å². The van der Waals surface area contributed by atoms with E-state index in [4.69, 9.17) is 4.74 Å². The molecule has 3 rings (SSSR count). The van der Waals surface area contributed by atoms with E-state index in [0.29, 0.717) is 17.2 Å². The molecule has 0 radical (unpaired) electrons. The fourth-order valence-electron chi connectivity index (χ4n) is 3.77. The Labute approximate surface area is 171 Å². The van der Waals surface area contributed by atoms with E-state index in [1.165, 1.54) is 6.42 Å². The SMILES string of the molecule is CC(C)N(C(=O)COC(=O)c1cccc(Nc2ncccn2)c1)C1CCCCC1. The normalized spacial score (nSPS) is 14.4. The van der Waals surface area contributed by atoms with Gasteiger partial charge in [0.2, 0.25) is 5.95 Å². The Bertz CT molecular complexity index is 820. The number of amides is 1. The number of ether oxygens (including phenoxy) is 1. The molecule has 1 aliphatic carbocycles. The van der Waals surface area contributed by atoms with Crippen LogP contribution in [0.4, 0.5) is 11.6 Å². The number of esters is 1. The first-order valence-electron chi connectivity index (χ1n) is 10.2. The first-order valence-corrected chi connectivity index (χ1v) is 10.2. The van der Waals surface area contributed by atoms with Crippen LogP contribution >= 0.6 is 0 Å². The van der Waals surface area contributed by atoms with Crippen LogP contribution in [-0.2, 0) is 9.53 Å². The van der Waals surface area contributed by atoms with E-state index in [9.17, 15) is 9.59 Å². The summed E-state index contributed by atoms with van der Waals surface area (Å²) in [6.45, 7) is 3.78. The van der Waals surface area contributed by atoms with Crippen molar-refractivity contribution in [1.82, 2.24) is 14.9 Å². The van der Waals surface area contributed by atoms with Crippen molar-refractivity contribution in [3.8, 4) is 0 Å². The molecule has 2 aromatic rings. The highest BCUT2D eigenvalue weighted by molar-refractivity contribution is 5.92. The number of carbonyl (C=O) groups excluding carboxylic acids is 2. The van der Waals surface area contributed by atoms with Gasteiger partial charge in [0.25, 0.3) is 5.91 Å². The molecule has 7 heteroatoms. The van der Waals surface area contributed by atoms with E-state index in [1.807, 2.05) is 24.8 Å². The van der Waals surface area contributed by atoms with Gasteiger partial charge in [-0.15, -0.1) is 0 Å². The Morgan fingerprint density at radius 3 is 2.55 bits per heavy atom. The van der Waals surface area contributed by atoms with Crippen molar-refractivity contribution in [2.45, 2.75) is 58.0 Å². The van der Waals surface area contributed by atoms with Crippen LogP contribution < -0.4 is 5.32 Å². The van der Waals surface area contributed by atoms with Crippen molar-refractivity contribution in [3.05, 3.63) is 48.3 Å². The van der Waals surface area contributed by atoms with Gasteiger partial charge in [0.15, 0.2) is 6.61 Å². The van der Waals surface area contributed by atoms with Gasteiger partial charge >= 0.3 is 5.97 Å². The minimum absolute atomic E-state index is 0.0858. The molecule has 29 heavy (non-hydrogen) atoms. The third kappa shape index (κ3) is 5.76. The van der Waals surface area contributed by atoms with Gasteiger partial charge in [-0.05, 0) is 51.0 Å². The maximum Gasteiger partial charge on any atom is 0.338 e. The Balaban J connectivity index is 1.59. The van der Waals surface area contributed by atoms with E-state index in [0.717, 1.165) is 25.7 Å². The standard InChI is InChI=1S/C22H28N4O3/c1-16(2)26(19-10-4-3-5-11-19)20(27)15-29-21(28)17-8-6-9-18(14-17)25-22-23-12-7-13-24-22/h6-9,12-14,16,19H,3-5,10-11,15H2,1-2H3,(H,23,24,25). The number of nitrogens with zero attached hydrogens (tertiary/aromatic N) is 3. The van der Waals surface area contributed by atoms with Crippen molar-refractivity contribution in [2.75, 3.05) is 11.9 Å². The molecule has 1 amide bonds. The average Bonchev–Trinajstić information content (AvgIpc) is 2.73. The Morgan fingerprint density at radius 1 is 1.14 bits per heavy atom. The van der Waals surface area contributed by atoms with Crippen LogP contribution in [0.1, 0.15) is 56.3 Å². The van der Waals surface area contributed by atoms with Crippen LogP contribution in [0.5, 0.6) is 0 Å². The molecule has 0 atom stereocenters. The number of carbonyl (C=O) groups is 2. The molecule has 1 N–H and O–H groups in total. The van der Waals surface area contributed by atoms with Crippen molar-refractivity contribution < 1.29 is 14.3 Å². The minimum Gasteiger partial charge on any atom is -0.452 e. The molecular weight excluding hydrogens is 368 g/mol. The summed E-state index contributed by atoms with van der Waals surface area (Å²) < 4.78 is 5.33. The molecule has 7 nitrogen and oxygen atoms in total. The second-order valence-corrected chi connectivity index (χ2v) is 7.54. The lowest BCUT2D eigenvalue weighted by atomic mass is 9.93. The lowest BCUT2D eigenvalue weighted by Gasteiger charge is -2.37. The number of nitrogens with one attached hydrogen (secondary N) is 1. The average molecular weight is 396 g/mol. The van der Waals surface area contributed by atoms with Gasteiger partial charge in [0, 0.05) is 30.2 Å². The highest BCUT2D eigenvalue weighted by Crippen LogP contribution is 2.24. The lowest BCUT2D eigenvalue weighted by molar-refractivity contribution is -0.139. The van der Waals surface area contributed by atoms with Crippen molar-refractivity contribution in [1.29, 1.82) is 0 Å². The first kappa shape index (κ1) is 20.8. The molecule has 1 saturated carbocycles. The predicted octanol–water partition coefficient (Wildman–Crippen LogP) is 3.95. The van der Waals surface area contributed by atoms with Gasteiger partial charge in [0.1, 0.15) is 0 Å². The van der Waals surface area contributed by atoms with Crippen LogP contribution in [0, 0.1) is 0 Å². The molecule has 1 heterocycles. The monoisotopic (exact) mass is 396 g/mol. The highest BCUT2D eigenvalue weighted by atomic mass is 16.5. The van der Waals surface area contributed by atoms with E-state index in [2.05, 4.69) is 15.3 Å². The zero-order chi connectivity index (χ0) is 20.6. The van der Waals surface area contributed by atoms with Gasteiger partial charge < -0.3 is 15.0 Å². The molecule has 1 aromatic heterocycles. The summed E-state index contributed by atoms with van der Waals surface area (Å²) in [6, 6.07) is 8.92. The largest absolute Gasteiger partial charge is 0.452 e. The molecule has 0 spiro atoms. The maximum atomic E-state index is 12.7. The predicted molar refractivity (Wildman–Crippen MR) is 111 cm³/mol. The summed E-state index contributed by atoms with van der Waals surface area (Å²) in [4.78, 5) is 35.3. The molecule has 0 unspecified atom stereocenters. The Hall–Kier alpha value is -2.96. The summed E-state index contributed by atoms with van der Waals surface area (Å²) in [5.41, 5.74) is 1.04. The molecule has 1 aromatic carbocycles. The zero-order valence-corrected chi connectivity index (χ0v) is 17.0. The third-order valence-corrected chi connectivity index (χ3v) is 5.06. The summed E-state index contributed by atoms with van der Waals surface area (Å²) in [7, 11) is 0. The fraction of sp³-hybridized carbons (Fsp3) is 0.455. The van der Waals surface area contributed by atoms with Gasteiger partial charge in [-0.3, -0.25) is 4.79 Å². The first-order chi connectivity index (χ1) is 14.0. The number of hydrogen-bond donors (Lipinski definition) is 1. The fourth-order valence-corrected chi connectivity index (χ4v) is 3.77. The maximum absolute atomic E-state index is 12.7. The summed E-state index contributed by atoms with van der Waals surface area (Å²) >= 11 is 0. The summed E-state index contributed by atoms with van der Waals surface area (Å²) in [6.07, 6.45) is 8.82. The van der Waals surface area contributed by atoms with E-state index in [-0.39, 0.29) is 24.6 Å². The van der Waals surface area contributed by atoms with Crippen LogP contribution in [0.2, 0.25) is 0 Å². The molecule has 154 valence electrons. The molecule has 1 fully saturated rings. The van der Waals surface area contributed by atoms with Crippen molar-refractivity contribution in [3.63, 3.8) is 0 Å². The highest BCUT2D eigenvalue weighted by Gasteiger charge is 2.28. The smallest absolute Gasteiger partial charge is 0.338 e. The van der Waals surface area contributed by atoms with Gasteiger partial charge in [-0.2, -0.15) is 0 Å². The second kappa shape index (κ2) is 10.0. The van der Waals surface area contributed by atoms with E-state index in [1.54, 1.807) is 36.7 Å². The number of rotatable bonds is 7. The second-order valence-electron chi connectivity index (χ2n) is 7.54. The topological polar surface area (TPSA) is 84.4 Å². The Morgan fingerprint density at radius 2 is 1.86 bits per heavy atom. The minimum atomic E-state index is -0.525.